The lowest BCUT2D eigenvalue weighted by molar-refractivity contribution is -0.140. The summed E-state index contributed by atoms with van der Waals surface area (Å²) in [5.74, 6) is -0.0871. The molecule has 1 fully saturated rings. The molecule has 7 heteroatoms. The first-order valence-corrected chi connectivity index (χ1v) is 6.54. The molecular formula is C13H24F2N2O3. The number of amides is 1. The van der Waals surface area contributed by atoms with Gasteiger partial charge in [0.05, 0.1) is 18.7 Å². The van der Waals surface area contributed by atoms with Crippen LogP contribution in [-0.4, -0.2) is 37.0 Å². The van der Waals surface area contributed by atoms with Crippen molar-refractivity contribution in [2.24, 2.45) is 11.7 Å². The van der Waals surface area contributed by atoms with Crippen molar-refractivity contribution in [1.82, 2.24) is 5.32 Å². The fourth-order valence-electron chi connectivity index (χ4n) is 1.63. The van der Waals surface area contributed by atoms with Crippen LogP contribution in [-0.2, 0) is 14.3 Å². The molecule has 2 atom stereocenters. The molecule has 0 spiro atoms. The Kier molecular flexibility index (Phi) is 7.63. The van der Waals surface area contributed by atoms with Crippen molar-refractivity contribution in [3.8, 4) is 0 Å². The van der Waals surface area contributed by atoms with E-state index in [1.165, 1.54) is 14.0 Å². The molecule has 3 N–H and O–H groups in total. The number of hydrogen-bond donors (Lipinski definition) is 2. The van der Waals surface area contributed by atoms with Gasteiger partial charge in [-0.05, 0) is 25.7 Å². The number of alkyl halides is 2. The Hall–Kier alpha value is -1.24. The summed E-state index contributed by atoms with van der Waals surface area (Å²) in [5, 5.41) is 2.43. The third kappa shape index (κ3) is 6.27. The summed E-state index contributed by atoms with van der Waals surface area (Å²) >= 11 is 0. The van der Waals surface area contributed by atoms with Gasteiger partial charge < -0.3 is 10.5 Å². The first-order valence-electron chi connectivity index (χ1n) is 6.54. The lowest BCUT2D eigenvalue weighted by Gasteiger charge is -2.44. The Morgan fingerprint density at radius 3 is 2.25 bits per heavy atom. The highest BCUT2D eigenvalue weighted by atomic mass is 19.3. The van der Waals surface area contributed by atoms with E-state index in [4.69, 9.17) is 5.73 Å². The number of methoxy groups -OCH3 is 1. The van der Waals surface area contributed by atoms with Crippen LogP contribution in [0.5, 0.6) is 0 Å². The topological polar surface area (TPSA) is 81.4 Å². The maximum atomic E-state index is 12.1. The van der Waals surface area contributed by atoms with Gasteiger partial charge in [0.2, 0.25) is 5.91 Å². The maximum Gasteiger partial charge on any atom is 0.305 e. The smallest absolute Gasteiger partial charge is 0.305 e. The van der Waals surface area contributed by atoms with E-state index in [1.54, 1.807) is 0 Å². The third-order valence-corrected chi connectivity index (χ3v) is 3.11. The van der Waals surface area contributed by atoms with E-state index >= 15 is 0 Å². The van der Waals surface area contributed by atoms with Gasteiger partial charge in [0.15, 0.2) is 0 Å². The number of nitrogens with two attached hydrogens (primary N) is 1. The fourth-order valence-corrected chi connectivity index (χ4v) is 1.63. The van der Waals surface area contributed by atoms with Crippen molar-refractivity contribution < 1.29 is 23.1 Å². The zero-order valence-corrected chi connectivity index (χ0v) is 12.4. The number of hydrogen-bond acceptors (Lipinski definition) is 4. The number of nitrogens with one attached hydrogen (secondary N) is 1. The summed E-state index contributed by atoms with van der Waals surface area (Å²) < 4.78 is 28.6. The Labute approximate surface area is 118 Å². The number of rotatable bonds is 5. The molecule has 1 aliphatic heterocycles. The molecule has 2 unspecified atom stereocenters. The molecule has 0 bridgehead atoms. The Morgan fingerprint density at radius 1 is 1.45 bits per heavy atom. The van der Waals surface area contributed by atoms with Crippen LogP contribution in [0, 0.1) is 5.92 Å². The molecule has 1 aliphatic rings. The summed E-state index contributed by atoms with van der Waals surface area (Å²) in [6.45, 7) is 5.54. The minimum atomic E-state index is -2.45. The molecule has 118 valence electrons. The second-order valence-corrected chi connectivity index (χ2v) is 5.53. The molecule has 1 saturated heterocycles. The highest BCUT2D eigenvalue weighted by Crippen LogP contribution is 2.30. The first-order chi connectivity index (χ1) is 9.12. The highest BCUT2D eigenvalue weighted by molar-refractivity contribution is 5.81. The summed E-state index contributed by atoms with van der Waals surface area (Å²) in [6, 6.07) is -0.575. The van der Waals surface area contributed by atoms with Crippen molar-refractivity contribution >= 4 is 11.9 Å². The molecule has 1 heterocycles. The van der Waals surface area contributed by atoms with Gasteiger partial charge in [0.1, 0.15) is 0 Å². The van der Waals surface area contributed by atoms with Crippen LogP contribution in [0.15, 0.2) is 0 Å². The lowest BCUT2D eigenvalue weighted by atomic mass is 9.83. The Morgan fingerprint density at radius 2 is 1.95 bits per heavy atom. The normalized spacial score (nSPS) is 24.7. The van der Waals surface area contributed by atoms with E-state index in [0.717, 1.165) is 6.42 Å². The molecule has 0 aromatic heterocycles. The SMILES string of the molecule is CC1(C(F)F)CC(C(N)=O)N1.COC(=O)CCC(C)C. The van der Waals surface area contributed by atoms with Crippen molar-refractivity contribution in [3.63, 3.8) is 0 Å². The molecule has 0 radical (unpaired) electrons. The van der Waals surface area contributed by atoms with Crippen molar-refractivity contribution in [1.29, 1.82) is 0 Å². The van der Waals surface area contributed by atoms with Crippen LogP contribution in [0.1, 0.15) is 40.0 Å². The number of primary amides is 1. The van der Waals surface area contributed by atoms with Crippen LogP contribution in [0.25, 0.3) is 0 Å². The van der Waals surface area contributed by atoms with Gasteiger partial charge in [-0.1, -0.05) is 13.8 Å². The van der Waals surface area contributed by atoms with E-state index in [9.17, 15) is 18.4 Å². The summed E-state index contributed by atoms with van der Waals surface area (Å²) in [7, 11) is 1.42. The van der Waals surface area contributed by atoms with Gasteiger partial charge in [-0.3, -0.25) is 14.9 Å². The highest BCUT2D eigenvalue weighted by Gasteiger charge is 2.48. The van der Waals surface area contributed by atoms with E-state index in [1.807, 2.05) is 0 Å². The van der Waals surface area contributed by atoms with E-state index < -0.39 is 23.9 Å². The minimum Gasteiger partial charge on any atom is -0.469 e. The van der Waals surface area contributed by atoms with Crippen LogP contribution in [0.3, 0.4) is 0 Å². The predicted octanol–water partition coefficient (Wildman–Crippen LogP) is 1.45. The van der Waals surface area contributed by atoms with Gasteiger partial charge in [-0.25, -0.2) is 8.78 Å². The lowest BCUT2D eigenvalue weighted by Crippen LogP contribution is -2.69. The van der Waals surface area contributed by atoms with Gasteiger partial charge >= 0.3 is 5.97 Å². The fraction of sp³-hybridized carbons (Fsp3) is 0.846. The van der Waals surface area contributed by atoms with Crippen molar-refractivity contribution in [3.05, 3.63) is 0 Å². The minimum absolute atomic E-state index is 0.108. The molecule has 0 aliphatic carbocycles. The quantitative estimate of drug-likeness (QED) is 0.752. The summed E-state index contributed by atoms with van der Waals surface area (Å²) in [5.41, 5.74) is 3.66. The van der Waals surface area contributed by atoms with Crippen molar-refractivity contribution in [2.45, 2.75) is 58.0 Å². The molecule has 0 aromatic rings. The van der Waals surface area contributed by atoms with Crippen LogP contribution in [0.2, 0.25) is 0 Å². The second-order valence-electron chi connectivity index (χ2n) is 5.53. The van der Waals surface area contributed by atoms with Crippen LogP contribution < -0.4 is 11.1 Å². The van der Waals surface area contributed by atoms with Crippen molar-refractivity contribution in [2.75, 3.05) is 7.11 Å². The first kappa shape index (κ1) is 18.8. The molecular weight excluding hydrogens is 270 g/mol. The van der Waals surface area contributed by atoms with E-state index in [0.29, 0.717) is 12.3 Å². The number of carbonyl (C=O) groups excluding carboxylic acids is 2. The number of ether oxygens (including phenoxy) is 1. The van der Waals surface area contributed by atoms with E-state index in [2.05, 4.69) is 23.9 Å². The van der Waals surface area contributed by atoms with Crippen LogP contribution in [0.4, 0.5) is 8.78 Å². The zero-order valence-electron chi connectivity index (χ0n) is 12.4. The summed E-state index contributed by atoms with van der Waals surface area (Å²) in [4.78, 5) is 20.9. The zero-order chi connectivity index (χ0) is 15.9. The Balaban J connectivity index is 0.000000370. The second kappa shape index (κ2) is 8.14. The predicted molar refractivity (Wildman–Crippen MR) is 71.2 cm³/mol. The monoisotopic (exact) mass is 294 g/mol. The average Bonchev–Trinajstić information content (AvgIpc) is 2.32. The van der Waals surface area contributed by atoms with Gasteiger partial charge in [0.25, 0.3) is 6.43 Å². The number of halogens is 2. The Bertz CT molecular complexity index is 330. The van der Waals surface area contributed by atoms with Gasteiger partial charge in [-0.15, -0.1) is 0 Å². The van der Waals surface area contributed by atoms with Gasteiger partial charge in [0, 0.05) is 6.42 Å². The third-order valence-electron chi connectivity index (χ3n) is 3.11. The summed E-state index contributed by atoms with van der Waals surface area (Å²) in [6.07, 6.45) is -0.848. The molecule has 5 nitrogen and oxygen atoms in total. The van der Waals surface area contributed by atoms with E-state index in [-0.39, 0.29) is 12.4 Å². The molecule has 1 amide bonds. The standard InChI is InChI=1S/C7H14O2.C6H10F2N2O/c1-6(2)4-5-7(8)9-3;1-6(5(7)8)2-3(10-6)4(9)11/h6H,4-5H2,1-3H3;3,5,10H,2H2,1H3,(H2,9,11). The average molecular weight is 294 g/mol. The van der Waals surface area contributed by atoms with Gasteiger partial charge in [-0.2, -0.15) is 0 Å². The number of esters is 1. The molecule has 0 saturated carbocycles. The molecule has 0 aromatic carbocycles. The molecule has 20 heavy (non-hydrogen) atoms. The van der Waals surface area contributed by atoms with Crippen LogP contribution >= 0.6 is 0 Å². The largest absolute Gasteiger partial charge is 0.469 e. The number of carbonyl (C=O) groups is 2. The molecule has 1 rings (SSSR count). The maximum absolute atomic E-state index is 12.1.